The van der Waals surface area contributed by atoms with Crippen LogP contribution in [0.25, 0.3) is 0 Å². The quantitative estimate of drug-likeness (QED) is 0.317. The van der Waals surface area contributed by atoms with Crippen molar-refractivity contribution in [2.75, 3.05) is 18.5 Å². The second-order valence-corrected chi connectivity index (χ2v) is 7.04. The highest BCUT2D eigenvalue weighted by atomic mass is 19.3. The summed E-state index contributed by atoms with van der Waals surface area (Å²) in [6, 6.07) is 4.48. The monoisotopic (exact) mass is 457 g/mol. The molecule has 0 amide bonds. The number of ether oxygens (including phenoxy) is 2. The molecule has 0 radical (unpaired) electrons. The fraction of sp³-hybridized carbons (Fsp3) is 0.350. The molecule has 3 rings (SSSR count). The number of benzene rings is 1. The summed E-state index contributed by atoms with van der Waals surface area (Å²) in [4.78, 5) is 8.37. The summed E-state index contributed by atoms with van der Waals surface area (Å²) in [5, 5.41) is 9.86. The van der Waals surface area contributed by atoms with Crippen LogP contribution < -0.4 is 15.8 Å². The molecule has 4 N–H and O–H groups in total. The first kappa shape index (κ1) is 23.2. The molecule has 32 heavy (non-hydrogen) atoms. The van der Waals surface area contributed by atoms with E-state index in [2.05, 4.69) is 20.0 Å². The van der Waals surface area contributed by atoms with Crippen molar-refractivity contribution in [3.8, 4) is 5.75 Å². The van der Waals surface area contributed by atoms with Gasteiger partial charge in [-0.25, -0.2) is 26.9 Å². The molecule has 0 fully saturated rings. The topological polar surface area (TPSA) is 106 Å². The van der Waals surface area contributed by atoms with Gasteiger partial charge in [-0.3, -0.25) is 10.4 Å². The number of nitrogens with two attached hydrogens (primary N) is 1. The van der Waals surface area contributed by atoms with Gasteiger partial charge in [0.2, 0.25) is 0 Å². The Morgan fingerprint density at radius 2 is 2.06 bits per heavy atom. The lowest BCUT2D eigenvalue weighted by Gasteiger charge is -2.26. The Morgan fingerprint density at radius 3 is 2.69 bits per heavy atom. The predicted octanol–water partition coefficient (Wildman–Crippen LogP) is 3.89. The molecule has 172 valence electrons. The molecule has 1 unspecified atom stereocenters. The Balaban J connectivity index is 1.78. The highest BCUT2D eigenvalue weighted by Crippen LogP contribution is 2.37. The Labute approximate surface area is 180 Å². The molecule has 0 bridgehead atoms. The minimum absolute atomic E-state index is 0.0817. The molecule has 0 aliphatic carbocycles. The smallest absolute Gasteiger partial charge is 0.288 e. The summed E-state index contributed by atoms with van der Waals surface area (Å²) in [5.41, 5.74) is 5.90. The fourth-order valence-corrected chi connectivity index (χ4v) is 2.98. The fourth-order valence-electron chi connectivity index (χ4n) is 2.98. The number of amidine groups is 2. The molecule has 1 atom stereocenters. The van der Waals surface area contributed by atoms with Crippen LogP contribution in [0.5, 0.6) is 5.75 Å². The normalized spacial score (nSPS) is 14.3. The second kappa shape index (κ2) is 9.37. The van der Waals surface area contributed by atoms with Gasteiger partial charge < -0.3 is 20.5 Å². The van der Waals surface area contributed by atoms with Gasteiger partial charge in [0, 0.05) is 11.3 Å². The first-order valence-electron chi connectivity index (χ1n) is 9.42. The van der Waals surface area contributed by atoms with Crippen molar-refractivity contribution in [1.82, 2.24) is 4.98 Å². The van der Waals surface area contributed by atoms with Crippen LogP contribution in [-0.4, -0.2) is 42.4 Å². The number of aliphatic imine (C=N–C) groups is 1. The van der Waals surface area contributed by atoms with E-state index in [0.29, 0.717) is 22.8 Å². The van der Waals surface area contributed by atoms with E-state index in [0.717, 1.165) is 13.0 Å². The lowest BCUT2D eigenvalue weighted by molar-refractivity contribution is -0.0649. The average Bonchev–Trinajstić information content (AvgIpc) is 2.75. The molecule has 1 aliphatic rings. The number of alkyl halides is 4. The van der Waals surface area contributed by atoms with E-state index in [1.165, 1.54) is 24.4 Å². The van der Waals surface area contributed by atoms with Gasteiger partial charge in [-0.15, -0.1) is 0 Å². The van der Waals surface area contributed by atoms with Gasteiger partial charge in [-0.2, -0.15) is 0 Å². The molecule has 7 nitrogen and oxygen atoms in total. The van der Waals surface area contributed by atoms with Crippen molar-refractivity contribution in [3.63, 3.8) is 0 Å². The minimum Gasteiger partial charge on any atom is -0.486 e. The zero-order valence-corrected chi connectivity index (χ0v) is 16.8. The Morgan fingerprint density at radius 1 is 1.31 bits per heavy atom. The van der Waals surface area contributed by atoms with Crippen LogP contribution >= 0.6 is 0 Å². The molecular formula is C20H20F5N5O2. The molecule has 1 aromatic carbocycles. The molecule has 1 aliphatic heterocycles. The first-order valence-corrected chi connectivity index (χ1v) is 9.42. The van der Waals surface area contributed by atoms with Crippen molar-refractivity contribution >= 4 is 17.5 Å². The van der Waals surface area contributed by atoms with Crippen LogP contribution in [0.1, 0.15) is 29.7 Å². The van der Waals surface area contributed by atoms with E-state index >= 15 is 0 Å². The highest BCUT2D eigenvalue weighted by molar-refractivity contribution is 6.08. The third-order valence-corrected chi connectivity index (χ3v) is 4.76. The number of nitrogens with one attached hydrogen (secondary N) is 2. The zero-order chi connectivity index (χ0) is 23.5. The Bertz CT molecular complexity index is 1010. The van der Waals surface area contributed by atoms with E-state index in [4.69, 9.17) is 15.9 Å². The van der Waals surface area contributed by atoms with Gasteiger partial charge in [0.05, 0.1) is 18.7 Å². The number of anilines is 1. The summed E-state index contributed by atoms with van der Waals surface area (Å²) in [6.07, 6.45) is -1.36. The van der Waals surface area contributed by atoms with Crippen LogP contribution in [0.3, 0.4) is 0 Å². The Hall–Kier alpha value is -3.44. The van der Waals surface area contributed by atoms with Gasteiger partial charge in [0.25, 0.3) is 18.4 Å². The first-order chi connectivity index (χ1) is 15.1. The number of halogens is 5. The third-order valence-electron chi connectivity index (χ3n) is 4.76. The van der Waals surface area contributed by atoms with Crippen LogP contribution in [0, 0.1) is 11.2 Å². The van der Waals surface area contributed by atoms with E-state index < -0.39 is 43.3 Å². The zero-order valence-electron chi connectivity index (χ0n) is 16.8. The molecule has 2 heterocycles. The van der Waals surface area contributed by atoms with Crippen LogP contribution in [0.4, 0.5) is 27.6 Å². The standard InChI is InChI=1S/C20H20F5N5O2/c1-10(20(24,25)9-32-19(26)27)13-5-16-11(4-14(13)21)6-29-18(30-16)15-3-2-12(7-28-15)31-8-17(22)23/h2-5,7,10,17H,6,8-9H2,1H3,(H3,26,27)(H,29,30). The number of hydrogen-bond acceptors (Lipinski definition) is 6. The van der Waals surface area contributed by atoms with Gasteiger partial charge in [0.1, 0.15) is 23.9 Å². The molecule has 1 aromatic heterocycles. The Kier molecular flexibility index (Phi) is 6.80. The number of fused-ring (bicyclic) bond motifs is 1. The maximum absolute atomic E-state index is 14.6. The van der Waals surface area contributed by atoms with Gasteiger partial charge in [-0.1, -0.05) is 6.92 Å². The van der Waals surface area contributed by atoms with Gasteiger partial charge in [-0.05, 0) is 29.8 Å². The van der Waals surface area contributed by atoms with E-state index in [9.17, 15) is 22.0 Å². The molecule has 0 saturated carbocycles. The van der Waals surface area contributed by atoms with Crippen LogP contribution in [-0.2, 0) is 11.3 Å². The SMILES string of the molecule is CC(c1cc2c(cc1F)CN=C(c1ccc(OCC(F)F)cn1)N2)C(F)(F)COC(=N)N. The van der Waals surface area contributed by atoms with Crippen molar-refractivity contribution in [2.45, 2.75) is 31.7 Å². The largest absolute Gasteiger partial charge is 0.486 e. The minimum atomic E-state index is -3.48. The van der Waals surface area contributed by atoms with Gasteiger partial charge >= 0.3 is 0 Å². The molecule has 2 aromatic rings. The maximum atomic E-state index is 14.6. The number of pyridine rings is 1. The van der Waals surface area contributed by atoms with E-state index in [1.54, 1.807) is 0 Å². The predicted molar refractivity (Wildman–Crippen MR) is 107 cm³/mol. The third kappa shape index (κ3) is 5.42. The number of aromatic nitrogens is 1. The highest BCUT2D eigenvalue weighted by Gasteiger charge is 2.40. The lowest BCUT2D eigenvalue weighted by atomic mass is 9.92. The second-order valence-electron chi connectivity index (χ2n) is 7.04. The van der Waals surface area contributed by atoms with Crippen molar-refractivity contribution in [2.24, 2.45) is 10.7 Å². The summed E-state index contributed by atoms with van der Waals surface area (Å²) in [7, 11) is 0. The summed E-state index contributed by atoms with van der Waals surface area (Å²) in [6.45, 7) is -0.698. The summed E-state index contributed by atoms with van der Waals surface area (Å²) >= 11 is 0. The molecule has 12 heteroatoms. The lowest BCUT2D eigenvalue weighted by Crippen LogP contribution is -2.33. The van der Waals surface area contributed by atoms with Crippen LogP contribution in [0.2, 0.25) is 0 Å². The number of nitrogens with zero attached hydrogens (tertiary/aromatic N) is 2. The molecule has 0 spiro atoms. The van der Waals surface area contributed by atoms with Crippen molar-refractivity contribution < 1.29 is 31.4 Å². The van der Waals surface area contributed by atoms with Gasteiger partial charge in [0.15, 0.2) is 12.4 Å². The number of rotatable bonds is 8. The van der Waals surface area contributed by atoms with Crippen LogP contribution in [0.15, 0.2) is 35.5 Å². The summed E-state index contributed by atoms with van der Waals surface area (Å²) in [5.74, 6) is -5.42. The molecular weight excluding hydrogens is 437 g/mol. The maximum Gasteiger partial charge on any atom is 0.288 e. The van der Waals surface area contributed by atoms with E-state index in [1.807, 2.05) is 0 Å². The molecule has 0 saturated heterocycles. The van der Waals surface area contributed by atoms with Crippen molar-refractivity contribution in [3.05, 3.63) is 53.1 Å². The van der Waals surface area contributed by atoms with E-state index in [-0.39, 0.29) is 17.9 Å². The summed E-state index contributed by atoms with van der Waals surface area (Å²) < 4.78 is 77.1. The number of hydrogen-bond donors (Lipinski definition) is 3. The van der Waals surface area contributed by atoms with Crippen molar-refractivity contribution in [1.29, 1.82) is 5.41 Å². The average molecular weight is 457 g/mol.